The monoisotopic (exact) mass is 314 g/mol. The lowest BCUT2D eigenvalue weighted by Gasteiger charge is -2.04. The first kappa shape index (κ1) is 13.9. The fourth-order valence-corrected chi connectivity index (χ4v) is 2.28. The van der Waals surface area contributed by atoms with Crippen molar-refractivity contribution in [3.63, 3.8) is 0 Å². The number of nitrogens with one attached hydrogen (secondary N) is 1. The maximum Gasteiger partial charge on any atom is 0.449 e. The summed E-state index contributed by atoms with van der Waals surface area (Å²) in [5.74, 6) is -1.48. The summed E-state index contributed by atoms with van der Waals surface area (Å²) in [6.07, 6.45) is -4.55. The number of benzene rings is 2. The Balaban J connectivity index is 2.16. The number of alkyl halides is 3. The van der Waals surface area contributed by atoms with E-state index in [0.717, 1.165) is 0 Å². The summed E-state index contributed by atoms with van der Waals surface area (Å²) in [6.45, 7) is 0. The molecule has 0 atom stereocenters. The van der Waals surface area contributed by atoms with Crippen LogP contribution < -0.4 is 0 Å². The summed E-state index contributed by atoms with van der Waals surface area (Å²) >= 11 is 6.07. The Morgan fingerprint density at radius 3 is 2.33 bits per heavy atom. The van der Waals surface area contributed by atoms with Crippen LogP contribution in [0.3, 0.4) is 0 Å². The Bertz CT molecular complexity index is 806. The first-order chi connectivity index (χ1) is 9.84. The van der Waals surface area contributed by atoms with Crippen molar-refractivity contribution in [3.05, 3.63) is 53.1 Å². The number of rotatable bonds is 1. The van der Waals surface area contributed by atoms with E-state index < -0.39 is 17.8 Å². The molecule has 108 valence electrons. The van der Waals surface area contributed by atoms with Gasteiger partial charge in [0.25, 0.3) is 0 Å². The van der Waals surface area contributed by atoms with E-state index in [1.54, 1.807) is 0 Å². The highest BCUT2D eigenvalue weighted by atomic mass is 35.5. The van der Waals surface area contributed by atoms with Gasteiger partial charge >= 0.3 is 6.18 Å². The Morgan fingerprint density at radius 2 is 1.71 bits per heavy atom. The summed E-state index contributed by atoms with van der Waals surface area (Å²) in [5.41, 5.74) is 1.44. The third-order valence-electron chi connectivity index (χ3n) is 2.99. The van der Waals surface area contributed by atoms with E-state index in [4.69, 9.17) is 11.6 Å². The second kappa shape index (κ2) is 4.73. The zero-order valence-corrected chi connectivity index (χ0v) is 11.1. The number of hydrogen-bond donors (Lipinski definition) is 1. The van der Waals surface area contributed by atoms with Gasteiger partial charge in [0.05, 0.1) is 16.1 Å². The zero-order chi connectivity index (χ0) is 15.2. The minimum atomic E-state index is -4.55. The normalized spacial score (nSPS) is 12.0. The molecule has 1 aromatic heterocycles. The lowest BCUT2D eigenvalue weighted by atomic mass is 10.1. The van der Waals surface area contributed by atoms with Crippen molar-refractivity contribution in [2.24, 2.45) is 0 Å². The summed E-state index contributed by atoms with van der Waals surface area (Å²) < 4.78 is 50.8. The van der Waals surface area contributed by atoms with Crippen LogP contribution in [0.1, 0.15) is 5.82 Å². The van der Waals surface area contributed by atoms with Gasteiger partial charge in [-0.3, -0.25) is 0 Å². The standard InChI is InChI=1S/C14H7ClF4N2/c15-10-6-12-11(20-13(21-12)14(17,18)19)5-9(10)7-1-3-8(16)4-2-7/h1-6H,(H,20,21). The van der Waals surface area contributed by atoms with Crippen LogP contribution >= 0.6 is 11.6 Å². The van der Waals surface area contributed by atoms with Crippen LogP contribution in [-0.4, -0.2) is 9.97 Å². The van der Waals surface area contributed by atoms with Gasteiger partial charge in [-0.15, -0.1) is 0 Å². The van der Waals surface area contributed by atoms with Crippen molar-refractivity contribution in [2.75, 3.05) is 0 Å². The van der Waals surface area contributed by atoms with Crippen LogP contribution in [-0.2, 0) is 6.18 Å². The van der Waals surface area contributed by atoms with Crippen LogP contribution in [0.25, 0.3) is 22.2 Å². The third kappa shape index (κ3) is 2.58. The highest BCUT2D eigenvalue weighted by Gasteiger charge is 2.34. The molecule has 0 aliphatic heterocycles. The second-order valence-corrected chi connectivity index (χ2v) is 4.85. The molecule has 0 bridgehead atoms. The fraction of sp³-hybridized carbons (Fsp3) is 0.0714. The summed E-state index contributed by atoms with van der Waals surface area (Å²) in [4.78, 5) is 5.68. The second-order valence-electron chi connectivity index (χ2n) is 4.44. The number of nitrogens with zero attached hydrogens (tertiary/aromatic N) is 1. The van der Waals surface area contributed by atoms with Gasteiger partial charge < -0.3 is 4.98 Å². The molecule has 2 aromatic carbocycles. The van der Waals surface area contributed by atoms with E-state index in [-0.39, 0.29) is 16.1 Å². The molecular weight excluding hydrogens is 308 g/mol. The molecule has 0 unspecified atom stereocenters. The summed E-state index contributed by atoms with van der Waals surface area (Å²) in [5, 5.41) is 0.245. The molecule has 0 amide bonds. The minimum Gasteiger partial charge on any atom is -0.334 e. The number of hydrogen-bond acceptors (Lipinski definition) is 1. The quantitative estimate of drug-likeness (QED) is 0.626. The topological polar surface area (TPSA) is 28.7 Å². The van der Waals surface area contributed by atoms with E-state index in [1.807, 2.05) is 0 Å². The first-order valence-corrected chi connectivity index (χ1v) is 6.25. The fourth-order valence-electron chi connectivity index (χ4n) is 2.02. The molecule has 0 aliphatic carbocycles. The molecule has 1 N–H and O–H groups in total. The molecule has 0 fully saturated rings. The Hall–Kier alpha value is -2.08. The molecule has 0 saturated carbocycles. The van der Waals surface area contributed by atoms with E-state index in [2.05, 4.69) is 9.97 Å². The van der Waals surface area contributed by atoms with Gasteiger partial charge in [-0.25, -0.2) is 9.37 Å². The van der Waals surface area contributed by atoms with Gasteiger partial charge in [0.15, 0.2) is 0 Å². The number of fused-ring (bicyclic) bond motifs is 1. The van der Waals surface area contributed by atoms with Crippen molar-refractivity contribution in [1.29, 1.82) is 0 Å². The van der Waals surface area contributed by atoms with E-state index in [1.165, 1.54) is 36.4 Å². The lowest BCUT2D eigenvalue weighted by Crippen LogP contribution is -2.06. The van der Waals surface area contributed by atoms with Crippen LogP contribution in [0.5, 0.6) is 0 Å². The Morgan fingerprint density at radius 1 is 1.05 bits per heavy atom. The van der Waals surface area contributed by atoms with Gasteiger partial charge in [-0.1, -0.05) is 23.7 Å². The maximum atomic E-state index is 12.9. The van der Waals surface area contributed by atoms with E-state index in [0.29, 0.717) is 11.1 Å². The van der Waals surface area contributed by atoms with Crippen LogP contribution in [0.2, 0.25) is 5.02 Å². The zero-order valence-electron chi connectivity index (χ0n) is 10.3. The average Bonchev–Trinajstić information content (AvgIpc) is 2.81. The predicted molar refractivity (Wildman–Crippen MR) is 71.5 cm³/mol. The molecule has 0 saturated heterocycles. The smallest absolute Gasteiger partial charge is 0.334 e. The molecule has 0 spiro atoms. The SMILES string of the molecule is Fc1ccc(-c2cc3[nH]c(C(F)(F)F)nc3cc2Cl)cc1. The van der Waals surface area contributed by atoms with Crippen LogP contribution in [0.4, 0.5) is 17.6 Å². The minimum absolute atomic E-state index is 0.123. The number of H-pyrrole nitrogens is 1. The van der Waals surface area contributed by atoms with Crippen molar-refractivity contribution < 1.29 is 17.6 Å². The highest BCUT2D eigenvalue weighted by molar-refractivity contribution is 6.34. The number of aromatic amines is 1. The maximum absolute atomic E-state index is 12.9. The highest BCUT2D eigenvalue weighted by Crippen LogP contribution is 2.34. The Labute approximate surface area is 121 Å². The molecule has 7 heteroatoms. The molecule has 21 heavy (non-hydrogen) atoms. The van der Waals surface area contributed by atoms with Crippen molar-refractivity contribution in [2.45, 2.75) is 6.18 Å². The first-order valence-electron chi connectivity index (χ1n) is 5.87. The predicted octanol–water partition coefficient (Wildman–Crippen LogP) is 5.04. The van der Waals surface area contributed by atoms with Crippen LogP contribution in [0.15, 0.2) is 36.4 Å². The van der Waals surface area contributed by atoms with Gasteiger partial charge in [0.2, 0.25) is 5.82 Å². The van der Waals surface area contributed by atoms with Gasteiger partial charge in [0, 0.05) is 5.56 Å². The largest absolute Gasteiger partial charge is 0.449 e. The van der Waals surface area contributed by atoms with E-state index >= 15 is 0 Å². The number of halogens is 5. The number of imidazole rings is 1. The average molecular weight is 315 g/mol. The van der Waals surface area contributed by atoms with Crippen molar-refractivity contribution in [1.82, 2.24) is 9.97 Å². The molecule has 1 heterocycles. The molecular formula is C14H7ClF4N2. The van der Waals surface area contributed by atoms with Gasteiger partial charge in [0.1, 0.15) is 5.82 Å². The van der Waals surface area contributed by atoms with Crippen molar-refractivity contribution in [3.8, 4) is 11.1 Å². The molecule has 0 aliphatic rings. The Kier molecular flexibility index (Phi) is 3.13. The molecule has 0 radical (unpaired) electrons. The van der Waals surface area contributed by atoms with Crippen molar-refractivity contribution >= 4 is 22.6 Å². The molecule has 2 nitrogen and oxygen atoms in total. The van der Waals surface area contributed by atoms with Gasteiger partial charge in [-0.05, 0) is 29.8 Å². The third-order valence-corrected chi connectivity index (χ3v) is 3.31. The summed E-state index contributed by atoms with van der Waals surface area (Å²) in [6, 6.07) is 8.33. The molecule has 3 aromatic rings. The van der Waals surface area contributed by atoms with Crippen LogP contribution in [0, 0.1) is 5.82 Å². The molecule has 3 rings (SSSR count). The summed E-state index contributed by atoms with van der Waals surface area (Å²) in [7, 11) is 0. The lowest BCUT2D eigenvalue weighted by molar-refractivity contribution is -0.144. The van der Waals surface area contributed by atoms with E-state index in [9.17, 15) is 17.6 Å². The van der Waals surface area contributed by atoms with Gasteiger partial charge in [-0.2, -0.15) is 13.2 Å². The number of aromatic nitrogens is 2.